The molecule has 0 spiro atoms. The van der Waals surface area contributed by atoms with Gasteiger partial charge in [-0.1, -0.05) is 19.0 Å². The third-order valence-corrected chi connectivity index (χ3v) is 3.14. The Morgan fingerprint density at radius 1 is 1.67 bits per heavy atom. The van der Waals surface area contributed by atoms with Crippen molar-refractivity contribution in [2.45, 2.75) is 33.2 Å². The van der Waals surface area contributed by atoms with Crippen LogP contribution in [0.2, 0.25) is 0 Å². The molecular formula is C11H22N6O. The maximum absolute atomic E-state index is 8.69. The summed E-state index contributed by atoms with van der Waals surface area (Å²) in [6, 6.07) is 0.112. The minimum atomic E-state index is -0.332. The van der Waals surface area contributed by atoms with Gasteiger partial charge in [0.15, 0.2) is 0 Å². The third-order valence-electron chi connectivity index (χ3n) is 3.14. The molecule has 1 atom stereocenters. The first-order valence-corrected chi connectivity index (χ1v) is 5.93. The number of rotatable bonds is 6. The molecule has 0 aromatic carbocycles. The number of nitrogens with zero attached hydrogens (tertiary/aromatic N) is 4. The van der Waals surface area contributed by atoms with Gasteiger partial charge in [0.25, 0.3) is 0 Å². The topological polar surface area (TPSA) is 101 Å². The van der Waals surface area contributed by atoms with Gasteiger partial charge in [-0.2, -0.15) is 0 Å². The van der Waals surface area contributed by atoms with E-state index < -0.39 is 0 Å². The number of aromatic nitrogens is 3. The minimum absolute atomic E-state index is 0.112. The quantitative estimate of drug-likeness (QED) is 0.299. The van der Waals surface area contributed by atoms with Gasteiger partial charge >= 0.3 is 0 Å². The first-order chi connectivity index (χ1) is 8.38. The molecule has 0 aliphatic rings. The first kappa shape index (κ1) is 14.4. The number of nitrogens with two attached hydrogens (primary N) is 1. The van der Waals surface area contributed by atoms with Crippen LogP contribution in [-0.4, -0.2) is 32.4 Å². The van der Waals surface area contributed by atoms with Gasteiger partial charge in [-0.05, 0) is 19.9 Å². The summed E-state index contributed by atoms with van der Waals surface area (Å²) in [6.45, 7) is 6.66. The molecule has 0 radical (unpaired) electrons. The molecule has 18 heavy (non-hydrogen) atoms. The van der Waals surface area contributed by atoms with Gasteiger partial charge < -0.3 is 20.8 Å². The van der Waals surface area contributed by atoms with Crippen molar-refractivity contribution >= 4 is 5.84 Å². The molecule has 102 valence electrons. The van der Waals surface area contributed by atoms with Crippen molar-refractivity contribution in [1.82, 2.24) is 20.1 Å². The molecule has 0 aliphatic carbocycles. The van der Waals surface area contributed by atoms with Crippen LogP contribution in [-0.2, 0) is 7.05 Å². The lowest BCUT2D eigenvalue weighted by molar-refractivity contribution is 0.304. The summed E-state index contributed by atoms with van der Waals surface area (Å²) in [5.41, 5.74) is 5.30. The van der Waals surface area contributed by atoms with Crippen molar-refractivity contribution in [1.29, 1.82) is 0 Å². The predicted octanol–water partition coefficient (Wildman–Crippen LogP) is 0.628. The predicted molar refractivity (Wildman–Crippen MR) is 69.2 cm³/mol. The van der Waals surface area contributed by atoms with Gasteiger partial charge in [0, 0.05) is 12.5 Å². The second-order valence-corrected chi connectivity index (χ2v) is 5.09. The van der Waals surface area contributed by atoms with E-state index in [9.17, 15) is 0 Å². The number of hydrogen-bond donors (Lipinski definition) is 3. The number of amidine groups is 1. The Hall–Kier alpha value is -1.63. The van der Waals surface area contributed by atoms with E-state index in [1.54, 1.807) is 6.33 Å². The van der Waals surface area contributed by atoms with Crippen LogP contribution >= 0.6 is 0 Å². The van der Waals surface area contributed by atoms with Crippen molar-refractivity contribution < 1.29 is 5.21 Å². The standard InChI is InChI=1S/C11H22N6O/c1-8(9-15-14-7-17(9)4)13-6-5-11(2,3)10(12)16-18/h7-8,13,18H,5-6H2,1-4H3,(H2,12,16). The molecule has 1 heterocycles. The fourth-order valence-corrected chi connectivity index (χ4v) is 1.64. The molecule has 0 bridgehead atoms. The van der Waals surface area contributed by atoms with Crippen LogP contribution in [0.15, 0.2) is 11.5 Å². The molecule has 0 amide bonds. The molecule has 4 N–H and O–H groups in total. The Kier molecular flexibility index (Phi) is 4.66. The number of nitrogens with one attached hydrogen (secondary N) is 1. The molecule has 7 nitrogen and oxygen atoms in total. The first-order valence-electron chi connectivity index (χ1n) is 5.93. The van der Waals surface area contributed by atoms with E-state index in [1.807, 2.05) is 32.4 Å². The fourth-order valence-electron chi connectivity index (χ4n) is 1.64. The average Bonchev–Trinajstić information content (AvgIpc) is 2.74. The third kappa shape index (κ3) is 3.43. The van der Waals surface area contributed by atoms with Gasteiger partial charge in [0.05, 0.1) is 6.04 Å². The van der Waals surface area contributed by atoms with Crippen LogP contribution in [0.1, 0.15) is 39.1 Å². The minimum Gasteiger partial charge on any atom is -0.409 e. The van der Waals surface area contributed by atoms with E-state index in [0.717, 1.165) is 18.8 Å². The highest BCUT2D eigenvalue weighted by Gasteiger charge is 2.23. The fraction of sp³-hybridized carbons (Fsp3) is 0.727. The Morgan fingerprint density at radius 3 is 2.83 bits per heavy atom. The summed E-state index contributed by atoms with van der Waals surface area (Å²) in [4.78, 5) is 0. The summed E-state index contributed by atoms with van der Waals surface area (Å²) in [7, 11) is 1.91. The van der Waals surface area contributed by atoms with Crippen molar-refractivity contribution in [3.8, 4) is 0 Å². The monoisotopic (exact) mass is 254 g/mol. The summed E-state index contributed by atoms with van der Waals surface area (Å²) in [5.74, 6) is 1.13. The molecular weight excluding hydrogens is 232 g/mol. The van der Waals surface area contributed by atoms with Gasteiger partial charge in [-0.3, -0.25) is 0 Å². The summed E-state index contributed by atoms with van der Waals surface area (Å²) < 4.78 is 1.88. The zero-order valence-corrected chi connectivity index (χ0v) is 11.4. The Bertz CT molecular complexity index is 411. The highest BCUT2D eigenvalue weighted by atomic mass is 16.4. The molecule has 1 rings (SSSR count). The van der Waals surface area contributed by atoms with Crippen LogP contribution in [0.3, 0.4) is 0 Å². The number of aryl methyl sites for hydroxylation is 1. The maximum Gasteiger partial charge on any atom is 0.149 e. The van der Waals surface area contributed by atoms with Crippen molar-refractivity contribution in [3.05, 3.63) is 12.2 Å². The smallest absolute Gasteiger partial charge is 0.149 e. The summed E-state index contributed by atoms with van der Waals surface area (Å²) >= 11 is 0. The number of hydrogen-bond acceptors (Lipinski definition) is 5. The molecule has 0 saturated carbocycles. The summed E-state index contributed by atoms with van der Waals surface area (Å²) in [5, 5.41) is 23.0. The van der Waals surface area contributed by atoms with Gasteiger partial charge in [-0.15, -0.1) is 10.2 Å². The lowest BCUT2D eigenvalue weighted by Gasteiger charge is -2.23. The molecule has 0 fully saturated rings. The number of oxime groups is 1. The molecule has 1 unspecified atom stereocenters. The molecule has 0 saturated heterocycles. The van der Waals surface area contributed by atoms with Gasteiger partial charge in [-0.25, -0.2) is 0 Å². The Balaban J connectivity index is 2.45. The second-order valence-electron chi connectivity index (χ2n) is 5.09. The SMILES string of the molecule is CC(NCCC(C)(C)C(N)=NO)c1nncn1C. The molecule has 1 aromatic rings. The van der Waals surface area contributed by atoms with E-state index >= 15 is 0 Å². The molecule has 0 aliphatic heterocycles. The van der Waals surface area contributed by atoms with E-state index in [0.29, 0.717) is 0 Å². The maximum atomic E-state index is 8.69. The van der Waals surface area contributed by atoms with E-state index in [1.165, 1.54) is 0 Å². The van der Waals surface area contributed by atoms with Gasteiger partial charge in [0.2, 0.25) is 0 Å². The average molecular weight is 254 g/mol. The highest BCUT2D eigenvalue weighted by molar-refractivity contribution is 5.85. The summed E-state index contributed by atoms with van der Waals surface area (Å²) in [6.07, 6.45) is 2.44. The van der Waals surface area contributed by atoms with Crippen LogP contribution in [0.4, 0.5) is 0 Å². The Labute approximate surface area is 107 Å². The van der Waals surface area contributed by atoms with Crippen molar-refractivity contribution in [2.75, 3.05) is 6.54 Å². The Morgan fingerprint density at radius 2 is 2.33 bits per heavy atom. The largest absolute Gasteiger partial charge is 0.409 e. The van der Waals surface area contributed by atoms with Gasteiger partial charge in [0.1, 0.15) is 18.0 Å². The van der Waals surface area contributed by atoms with Crippen LogP contribution in [0.25, 0.3) is 0 Å². The lowest BCUT2D eigenvalue weighted by atomic mass is 9.88. The van der Waals surface area contributed by atoms with E-state index in [-0.39, 0.29) is 17.3 Å². The van der Waals surface area contributed by atoms with E-state index in [4.69, 9.17) is 10.9 Å². The second kappa shape index (κ2) is 5.81. The molecule has 1 aromatic heterocycles. The van der Waals surface area contributed by atoms with Crippen molar-refractivity contribution in [2.24, 2.45) is 23.4 Å². The lowest BCUT2D eigenvalue weighted by Crippen LogP contribution is -2.35. The van der Waals surface area contributed by atoms with E-state index in [2.05, 4.69) is 20.7 Å². The normalized spacial score (nSPS) is 14.8. The highest BCUT2D eigenvalue weighted by Crippen LogP contribution is 2.20. The zero-order chi connectivity index (χ0) is 13.8. The van der Waals surface area contributed by atoms with Crippen LogP contribution in [0.5, 0.6) is 0 Å². The molecule has 7 heteroatoms. The zero-order valence-electron chi connectivity index (χ0n) is 11.4. The van der Waals surface area contributed by atoms with Crippen LogP contribution in [0, 0.1) is 5.41 Å². The van der Waals surface area contributed by atoms with Crippen molar-refractivity contribution in [3.63, 3.8) is 0 Å². The van der Waals surface area contributed by atoms with Crippen LogP contribution < -0.4 is 11.1 Å².